The van der Waals surface area contributed by atoms with Gasteiger partial charge in [0.25, 0.3) is 5.91 Å². The Bertz CT molecular complexity index is 834. The molecule has 1 aliphatic heterocycles. The van der Waals surface area contributed by atoms with Gasteiger partial charge in [0, 0.05) is 23.8 Å². The molecule has 1 aromatic heterocycles. The van der Waals surface area contributed by atoms with Gasteiger partial charge in [-0.3, -0.25) is 19.8 Å². The van der Waals surface area contributed by atoms with E-state index in [1.807, 2.05) is 11.0 Å². The van der Waals surface area contributed by atoms with E-state index in [4.69, 9.17) is 4.74 Å². The Labute approximate surface area is 149 Å². The molecule has 0 spiro atoms. The first-order chi connectivity index (χ1) is 12.5. The molecule has 136 valence electrons. The van der Waals surface area contributed by atoms with E-state index in [9.17, 15) is 20.1 Å². The molecule has 0 saturated carbocycles. The smallest absolute Gasteiger partial charge is 0.316 e. The number of benzene rings is 1. The van der Waals surface area contributed by atoms with Crippen LogP contribution in [0.25, 0.3) is 0 Å². The maximum Gasteiger partial charge on any atom is 0.316 e. The second-order valence-electron chi connectivity index (χ2n) is 5.83. The van der Waals surface area contributed by atoms with Gasteiger partial charge in [-0.15, -0.1) is 0 Å². The van der Waals surface area contributed by atoms with E-state index in [1.54, 1.807) is 23.2 Å². The number of hydrogen-bond acceptors (Lipinski definition) is 6. The van der Waals surface area contributed by atoms with Crippen LogP contribution < -0.4 is 14.4 Å². The van der Waals surface area contributed by atoms with Crippen molar-refractivity contribution in [2.75, 3.05) is 38.2 Å². The summed E-state index contributed by atoms with van der Waals surface area (Å²) in [7, 11) is 1.33. The number of hydrogen-bond donors (Lipinski definition) is 1. The number of aromatic nitrogens is 1. The van der Waals surface area contributed by atoms with Gasteiger partial charge in [0.1, 0.15) is 19.3 Å². The van der Waals surface area contributed by atoms with Crippen LogP contribution in [-0.4, -0.2) is 54.2 Å². The third kappa shape index (κ3) is 3.37. The fourth-order valence-corrected chi connectivity index (χ4v) is 2.96. The van der Waals surface area contributed by atoms with Crippen molar-refractivity contribution in [1.29, 1.82) is 0 Å². The van der Waals surface area contributed by atoms with Gasteiger partial charge in [-0.25, -0.2) is 0 Å². The van der Waals surface area contributed by atoms with Crippen molar-refractivity contribution in [1.82, 2.24) is 4.90 Å². The molecule has 2 aromatic rings. The van der Waals surface area contributed by atoms with E-state index < -0.39 is 4.92 Å². The molecule has 1 fully saturated rings. The highest BCUT2D eigenvalue weighted by Gasteiger charge is 2.29. The number of amides is 1. The lowest BCUT2D eigenvalue weighted by molar-refractivity contribution is -0.894. The average Bonchev–Trinajstić information content (AvgIpc) is 2.67. The first-order valence-electron chi connectivity index (χ1n) is 8.08. The first-order valence-corrected chi connectivity index (χ1v) is 8.08. The average molecular weight is 359 g/mol. The molecule has 9 nitrogen and oxygen atoms in total. The van der Waals surface area contributed by atoms with Crippen LogP contribution in [0, 0.1) is 10.1 Å². The molecule has 1 aromatic carbocycles. The van der Waals surface area contributed by atoms with Gasteiger partial charge in [-0.1, -0.05) is 10.8 Å². The summed E-state index contributed by atoms with van der Waals surface area (Å²) < 4.78 is 6.08. The molecule has 0 unspecified atom stereocenters. The SMILES string of the molecule is COc1cc(C(=O)N2CCN(c3cccc[n+]3O)CC2)ccc1[N+](=O)[O-]. The molecule has 2 heterocycles. The Morgan fingerprint density at radius 3 is 2.58 bits per heavy atom. The van der Waals surface area contributed by atoms with E-state index in [0.717, 1.165) is 4.73 Å². The Hall–Kier alpha value is -3.36. The van der Waals surface area contributed by atoms with E-state index >= 15 is 0 Å². The van der Waals surface area contributed by atoms with Crippen LogP contribution in [0.15, 0.2) is 42.6 Å². The molecule has 0 radical (unpaired) electrons. The Kier molecular flexibility index (Phi) is 4.87. The van der Waals surface area contributed by atoms with Crippen molar-refractivity contribution >= 4 is 17.4 Å². The van der Waals surface area contributed by atoms with Gasteiger partial charge >= 0.3 is 11.5 Å². The number of methoxy groups -OCH3 is 1. The van der Waals surface area contributed by atoms with Crippen molar-refractivity contribution in [3.05, 3.63) is 58.3 Å². The van der Waals surface area contributed by atoms with Crippen LogP contribution in [0.3, 0.4) is 0 Å². The van der Waals surface area contributed by atoms with Gasteiger partial charge in [0.05, 0.1) is 25.1 Å². The summed E-state index contributed by atoms with van der Waals surface area (Å²) in [6.07, 6.45) is 1.55. The second-order valence-corrected chi connectivity index (χ2v) is 5.83. The molecule has 1 aliphatic rings. The summed E-state index contributed by atoms with van der Waals surface area (Å²) in [5.41, 5.74) is 0.170. The number of anilines is 1. The fourth-order valence-electron chi connectivity index (χ4n) is 2.96. The highest BCUT2D eigenvalue weighted by Crippen LogP contribution is 2.28. The van der Waals surface area contributed by atoms with Crippen LogP contribution in [-0.2, 0) is 0 Å². The number of nitro benzene ring substituents is 1. The normalized spacial score (nSPS) is 14.2. The van der Waals surface area contributed by atoms with Crippen molar-refractivity contribution in [2.45, 2.75) is 0 Å². The number of piperazine rings is 1. The van der Waals surface area contributed by atoms with Crippen molar-refractivity contribution in [3.8, 4) is 5.75 Å². The number of rotatable bonds is 4. The number of pyridine rings is 1. The number of nitrogens with zero attached hydrogens (tertiary/aromatic N) is 4. The molecular weight excluding hydrogens is 340 g/mol. The summed E-state index contributed by atoms with van der Waals surface area (Å²) in [5, 5.41) is 20.8. The minimum absolute atomic E-state index is 0.0603. The third-order valence-electron chi connectivity index (χ3n) is 4.33. The molecule has 9 heteroatoms. The van der Waals surface area contributed by atoms with Gasteiger partial charge in [0.2, 0.25) is 0 Å². The lowest BCUT2D eigenvalue weighted by Crippen LogP contribution is -2.52. The van der Waals surface area contributed by atoms with E-state index in [1.165, 1.54) is 25.3 Å². The van der Waals surface area contributed by atoms with Crippen LogP contribution in [0.2, 0.25) is 0 Å². The molecule has 0 bridgehead atoms. The largest absolute Gasteiger partial charge is 0.490 e. The number of carbonyl (C=O) groups excluding carboxylic acids is 1. The van der Waals surface area contributed by atoms with Gasteiger partial charge in [-0.05, 0) is 12.1 Å². The molecular formula is C17H19N4O5+. The lowest BCUT2D eigenvalue weighted by Gasteiger charge is -2.31. The Morgan fingerprint density at radius 1 is 1.23 bits per heavy atom. The zero-order chi connectivity index (χ0) is 18.7. The summed E-state index contributed by atoms with van der Waals surface area (Å²) in [4.78, 5) is 26.8. The van der Waals surface area contributed by atoms with Crippen molar-refractivity contribution in [2.24, 2.45) is 0 Å². The van der Waals surface area contributed by atoms with Gasteiger partial charge in [0.15, 0.2) is 5.75 Å². The van der Waals surface area contributed by atoms with E-state index in [2.05, 4.69) is 0 Å². The first kappa shape index (κ1) is 17.5. The molecule has 26 heavy (non-hydrogen) atoms. The predicted molar refractivity (Wildman–Crippen MR) is 91.6 cm³/mol. The Balaban J connectivity index is 1.71. The molecule has 0 aliphatic carbocycles. The van der Waals surface area contributed by atoms with Crippen LogP contribution in [0.5, 0.6) is 5.75 Å². The summed E-state index contributed by atoms with van der Waals surface area (Å²) in [5.74, 6) is 0.518. The minimum Gasteiger partial charge on any atom is -0.490 e. The second kappa shape index (κ2) is 7.26. The molecule has 1 saturated heterocycles. The summed E-state index contributed by atoms with van der Waals surface area (Å²) in [6, 6.07) is 9.48. The van der Waals surface area contributed by atoms with Gasteiger partial charge in [-0.2, -0.15) is 0 Å². The van der Waals surface area contributed by atoms with Gasteiger partial charge < -0.3 is 14.8 Å². The quantitative estimate of drug-likeness (QED) is 0.380. The highest BCUT2D eigenvalue weighted by molar-refractivity contribution is 5.95. The fraction of sp³-hybridized carbons (Fsp3) is 0.294. The van der Waals surface area contributed by atoms with Crippen LogP contribution in [0.1, 0.15) is 10.4 Å². The van der Waals surface area contributed by atoms with Crippen molar-refractivity contribution < 1.29 is 24.4 Å². The Morgan fingerprint density at radius 2 is 1.96 bits per heavy atom. The van der Waals surface area contributed by atoms with E-state index in [-0.39, 0.29) is 17.3 Å². The van der Waals surface area contributed by atoms with E-state index in [0.29, 0.717) is 37.6 Å². The monoisotopic (exact) mass is 359 g/mol. The van der Waals surface area contributed by atoms with Crippen molar-refractivity contribution in [3.63, 3.8) is 0 Å². The maximum absolute atomic E-state index is 12.7. The molecule has 0 atom stereocenters. The standard InChI is InChI=1S/C17H19N4O5/c1-26-15-12-13(5-6-14(15)21(24)25)17(22)19-10-8-18(9-11-19)16-4-2-3-7-20(16)23/h2-7,12,23H,8-11H2,1H3/q+1. The zero-order valence-corrected chi connectivity index (χ0v) is 14.2. The lowest BCUT2D eigenvalue weighted by atomic mass is 10.1. The summed E-state index contributed by atoms with van der Waals surface area (Å²) >= 11 is 0. The number of ether oxygens (including phenoxy) is 1. The molecule has 3 rings (SSSR count). The third-order valence-corrected chi connectivity index (χ3v) is 4.33. The molecule has 1 N–H and O–H groups in total. The molecule has 1 amide bonds. The zero-order valence-electron chi connectivity index (χ0n) is 14.2. The number of carbonyl (C=O) groups is 1. The summed E-state index contributed by atoms with van der Waals surface area (Å²) in [6.45, 7) is 2.10. The predicted octanol–water partition coefficient (Wildman–Crippen LogP) is 1.09. The van der Waals surface area contributed by atoms with Crippen LogP contribution >= 0.6 is 0 Å². The minimum atomic E-state index is -0.546. The van der Waals surface area contributed by atoms with Crippen LogP contribution in [0.4, 0.5) is 11.5 Å². The number of nitro groups is 1. The highest BCUT2D eigenvalue weighted by atomic mass is 16.6. The maximum atomic E-state index is 12.7. The topological polar surface area (TPSA) is 100 Å².